The Hall–Kier alpha value is -1.40. The number of carbonyl (C=O) groups excluding carboxylic acids is 1. The van der Waals surface area contributed by atoms with Crippen molar-refractivity contribution in [3.63, 3.8) is 0 Å². The summed E-state index contributed by atoms with van der Waals surface area (Å²) in [6.45, 7) is 4.79. The maximum Gasteiger partial charge on any atom is 0.239 e. The molecule has 0 aromatic carbocycles. The Kier molecular flexibility index (Phi) is 5.98. The summed E-state index contributed by atoms with van der Waals surface area (Å²) in [4.78, 5) is 13.7. The molecule has 0 fully saturated rings. The highest BCUT2D eigenvalue weighted by Gasteiger charge is 2.20. The molecule has 108 valence electrons. The fourth-order valence-corrected chi connectivity index (χ4v) is 1.90. The van der Waals surface area contributed by atoms with Crippen LogP contribution in [0.25, 0.3) is 0 Å². The van der Waals surface area contributed by atoms with Crippen LogP contribution in [0.2, 0.25) is 0 Å². The zero-order chi connectivity index (χ0) is 14.4. The molecular weight excluding hydrogens is 246 g/mol. The molecule has 1 aromatic heterocycles. The van der Waals surface area contributed by atoms with Gasteiger partial charge in [0, 0.05) is 26.3 Å². The van der Waals surface area contributed by atoms with Gasteiger partial charge in [-0.05, 0) is 26.7 Å². The second-order valence-electron chi connectivity index (χ2n) is 4.74. The average molecular weight is 269 g/mol. The number of methoxy groups -OCH3 is 1. The van der Waals surface area contributed by atoms with E-state index < -0.39 is 6.04 Å². The SMILES string of the molecule is COCCCC(N)C(=O)N(C)Cc1c(C)noc1C. The van der Waals surface area contributed by atoms with Gasteiger partial charge in [0.1, 0.15) is 5.76 Å². The first-order valence-corrected chi connectivity index (χ1v) is 6.38. The second-order valence-corrected chi connectivity index (χ2v) is 4.74. The van der Waals surface area contributed by atoms with Crippen LogP contribution in [0.3, 0.4) is 0 Å². The third kappa shape index (κ3) is 4.33. The third-order valence-electron chi connectivity index (χ3n) is 3.13. The first-order valence-electron chi connectivity index (χ1n) is 6.38. The van der Waals surface area contributed by atoms with Crippen molar-refractivity contribution in [1.29, 1.82) is 0 Å². The average Bonchev–Trinajstić information content (AvgIpc) is 2.69. The first-order chi connectivity index (χ1) is 8.97. The van der Waals surface area contributed by atoms with Gasteiger partial charge in [-0.3, -0.25) is 4.79 Å². The highest BCUT2D eigenvalue weighted by atomic mass is 16.5. The van der Waals surface area contributed by atoms with Crippen LogP contribution in [0.15, 0.2) is 4.52 Å². The molecule has 0 spiro atoms. The van der Waals surface area contributed by atoms with Crippen LogP contribution in [0.4, 0.5) is 0 Å². The summed E-state index contributed by atoms with van der Waals surface area (Å²) in [6.07, 6.45) is 1.40. The van der Waals surface area contributed by atoms with E-state index >= 15 is 0 Å². The first kappa shape index (κ1) is 15.7. The Bertz CT molecular complexity index is 398. The number of carbonyl (C=O) groups is 1. The number of amides is 1. The van der Waals surface area contributed by atoms with E-state index in [9.17, 15) is 4.79 Å². The minimum Gasteiger partial charge on any atom is -0.385 e. The van der Waals surface area contributed by atoms with E-state index in [0.717, 1.165) is 23.4 Å². The predicted octanol–water partition coefficient (Wildman–Crippen LogP) is 1.00. The molecule has 0 radical (unpaired) electrons. The third-order valence-corrected chi connectivity index (χ3v) is 3.13. The number of nitrogens with two attached hydrogens (primary N) is 1. The summed E-state index contributed by atoms with van der Waals surface area (Å²) in [5.74, 6) is 0.668. The van der Waals surface area contributed by atoms with Crippen molar-refractivity contribution in [1.82, 2.24) is 10.1 Å². The maximum absolute atomic E-state index is 12.1. The van der Waals surface area contributed by atoms with Gasteiger partial charge >= 0.3 is 0 Å². The molecule has 6 heteroatoms. The van der Waals surface area contributed by atoms with Crippen molar-refractivity contribution in [2.75, 3.05) is 20.8 Å². The highest BCUT2D eigenvalue weighted by molar-refractivity contribution is 5.81. The zero-order valence-corrected chi connectivity index (χ0v) is 12.1. The molecule has 6 nitrogen and oxygen atoms in total. The van der Waals surface area contributed by atoms with Crippen LogP contribution < -0.4 is 5.73 Å². The van der Waals surface area contributed by atoms with E-state index in [1.54, 1.807) is 19.1 Å². The Labute approximate surface area is 113 Å². The van der Waals surface area contributed by atoms with Gasteiger partial charge in [0.2, 0.25) is 5.91 Å². The number of rotatable bonds is 7. The summed E-state index contributed by atoms with van der Waals surface area (Å²) in [5.41, 5.74) is 7.63. The van der Waals surface area contributed by atoms with Crippen molar-refractivity contribution >= 4 is 5.91 Å². The lowest BCUT2D eigenvalue weighted by Gasteiger charge is -2.21. The largest absolute Gasteiger partial charge is 0.385 e. The summed E-state index contributed by atoms with van der Waals surface area (Å²) < 4.78 is 10.0. The van der Waals surface area contributed by atoms with Gasteiger partial charge in [0.15, 0.2) is 0 Å². The number of nitrogens with zero attached hydrogens (tertiary/aromatic N) is 2. The lowest BCUT2D eigenvalue weighted by atomic mass is 10.1. The predicted molar refractivity (Wildman–Crippen MR) is 71.5 cm³/mol. The minimum atomic E-state index is -0.486. The standard InChI is InChI=1S/C13H23N3O3/c1-9-11(10(2)19-15-9)8-16(3)13(17)12(14)6-5-7-18-4/h12H,5-8,14H2,1-4H3. The van der Waals surface area contributed by atoms with Gasteiger partial charge in [0.05, 0.1) is 18.3 Å². The zero-order valence-electron chi connectivity index (χ0n) is 12.1. The Morgan fingerprint density at radius 1 is 1.53 bits per heavy atom. The molecule has 1 unspecified atom stereocenters. The van der Waals surface area contributed by atoms with Crippen LogP contribution in [0, 0.1) is 13.8 Å². The molecule has 0 aliphatic rings. The van der Waals surface area contributed by atoms with E-state index in [2.05, 4.69) is 5.16 Å². The Balaban J connectivity index is 2.53. The number of ether oxygens (including phenoxy) is 1. The van der Waals surface area contributed by atoms with Gasteiger partial charge in [-0.1, -0.05) is 5.16 Å². The van der Waals surface area contributed by atoms with Gasteiger partial charge in [0.25, 0.3) is 0 Å². The van der Waals surface area contributed by atoms with E-state index in [-0.39, 0.29) is 5.91 Å². The molecule has 0 bridgehead atoms. The van der Waals surface area contributed by atoms with E-state index in [0.29, 0.717) is 19.6 Å². The van der Waals surface area contributed by atoms with Crippen LogP contribution in [-0.4, -0.2) is 42.8 Å². The quantitative estimate of drug-likeness (QED) is 0.747. The number of aryl methyl sites for hydroxylation is 2. The van der Waals surface area contributed by atoms with Crippen molar-refractivity contribution in [2.45, 2.75) is 39.3 Å². The summed E-state index contributed by atoms with van der Waals surface area (Å²) in [5, 5.41) is 3.87. The van der Waals surface area contributed by atoms with Crippen LogP contribution in [0.5, 0.6) is 0 Å². The smallest absolute Gasteiger partial charge is 0.239 e. The minimum absolute atomic E-state index is 0.0731. The number of aromatic nitrogens is 1. The van der Waals surface area contributed by atoms with Gasteiger partial charge < -0.3 is 19.9 Å². The molecule has 1 atom stereocenters. The van der Waals surface area contributed by atoms with E-state index in [4.69, 9.17) is 15.0 Å². The summed E-state index contributed by atoms with van der Waals surface area (Å²) >= 11 is 0. The van der Waals surface area contributed by atoms with Crippen molar-refractivity contribution < 1.29 is 14.1 Å². The summed E-state index contributed by atoms with van der Waals surface area (Å²) in [6, 6.07) is -0.486. The van der Waals surface area contributed by atoms with Crippen LogP contribution in [-0.2, 0) is 16.1 Å². The molecule has 1 heterocycles. The molecule has 1 rings (SSSR count). The Morgan fingerprint density at radius 3 is 2.74 bits per heavy atom. The molecule has 1 aromatic rings. The molecule has 2 N–H and O–H groups in total. The lowest BCUT2D eigenvalue weighted by Crippen LogP contribution is -2.41. The van der Waals surface area contributed by atoms with Crippen molar-refractivity contribution in [2.24, 2.45) is 5.73 Å². The number of hydrogen-bond acceptors (Lipinski definition) is 5. The van der Waals surface area contributed by atoms with E-state index in [1.807, 2.05) is 13.8 Å². The fourth-order valence-electron chi connectivity index (χ4n) is 1.90. The van der Waals surface area contributed by atoms with E-state index in [1.165, 1.54) is 0 Å². The molecule has 0 saturated heterocycles. The molecule has 1 amide bonds. The Morgan fingerprint density at radius 2 is 2.21 bits per heavy atom. The number of hydrogen-bond donors (Lipinski definition) is 1. The van der Waals surface area contributed by atoms with Gasteiger partial charge in [-0.25, -0.2) is 0 Å². The van der Waals surface area contributed by atoms with Crippen molar-refractivity contribution in [3.8, 4) is 0 Å². The van der Waals surface area contributed by atoms with Gasteiger partial charge in [-0.15, -0.1) is 0 Å². The fraction of sp³-hybridized carbons (Fsp3) is 0.692. The molecular formula is C13H23N3O3. The highest BCUT2D eigenvalue weighted by Crippen LogP contribution is 2.14. The molecule has 0 saturated carbocycles. The molecule has 0 aliphatic heterocycles. The van der Waals surface area contributed by atoms with Crippen LogP contribution in [0.1, 0.15) is 29.9 Å². The molecule has 19 heavy (non-hydrogen) atoms. The topological polar surface area (TPSA) is 81.6 Å². The molecule has 0 aliphatic carbocycles. The maximum atomic E-state index is 12.1. The lowest BCUT2D eigenvalue weighted by molar-refractivity contribution is -0.132. The second kappa shape index (κ2) is 7.25. The van der Waals surface area contributed by atoms with Crippen LogP contribution >= 0.6 is 0 Å². The monoisotopic (exact) mass is 269 g/mol. The van der Waals surface area contributed by atoms with Gasteiger partial charge in [-0.2, -0.15) is 0 Å². The summed E-state index contributed by atoms with van der Waals surface area (Å²) in [7, 11) is 3.38. The number of likely N-dealkylation sites (N-methyl/N-ethyl adjacent to an activating group) is 1. The van der Waals surface area contributed by atoms with Crippen molar-refractivity contribution in [3.05, 3.63) is 17.0 Å². The normalized spacial score (nSPS) is 12.5.